The quantitative estimate of drug-likeness (QED) is 0.721. The largest absolute Gasteiger partial charge is 0.288 e. The number of carbonyl (C=O) groups is 1. The van der Waals surface area contributed by atoms with Crippen molar-refractivity contribution in [3.05, 3.63) is 22.4 Å². The average molecular weight is 186 g/mol. The average Bonchev–Trinajstić information content (AvgIpc) is 2.39. The molecule has 0 saturated carbocycles. The van der Waals surface area contributed by atoms with Gasteiger partial charge in [-0.25, -0.2) is 0 Å². The van der Waals surface area contributed by atoms with Gasteiger partial charge < -0.3 is 0 Å². The van der Waals surface area contributed by atoms with Gasteiger partial charge in [-0.15, -0.1) is 11.3 Å². The highest BCUT2D eigenvalue weighted by Crippen LogP contribution is 2.12. The Labute approximate surface area is 74.8 Å². The summed E-state index contributed by atoms with van der Waals surface area (Å²) in [5, 5.41) is 2.27. The molecule has 11 heavy (non-hydrogen) atoms. The maximum Gasteiger partial charge on any atom is 0.185 e. The van der Waals surface area contributed by atoms with Gasteiger partial charge in [-0.2, -0.15) is 0 Å². The maximum atomic E-state index is 10.5. The molecule has 0 aliphatic heterocycles. The summed E-state index contributed by atoms with van der Waals surface area (Å²) in [4.78, 5) is 11.9. The molecule has 1 rings (SSSR count). The molecule has 0 radical (unpaired) electrons. The number of hydrogen-bond donors (Lipinski definition) is 0. The molecule has 60 valence electrons. The molecule has 0 fully saturated rings. The van der Waals surface area contributed by atoms with E-state index < -0.39 is 0 Å². The highest BCUT2D eigenvalue weighted by molar-refractivity contribution is 8.13. The number of hydrogen-bond acceptors (Lipinski definition) is 3. The minimum Gasteiger partial charge on any atom is -0.288 e. The van der Waals surface area contributed by atoms with E-state index >= 15 is 0 Å². The van der Waals surface area contributed by atoms with Crippen molar-refractivity contribution in [3.63, 3.8) is 0 Å². The van der Waals surface area contributed by atoms with Crippen LogP contribution < -0.4 is 0 Å². The number of carbonyl (C=O) groups excluding carboxylic acids is 1. The molecule has 0 saturated heterocycles. The smallest absolute Gasteiger partial charge is 0.185 e. The second kappa shape index (κ2) is 4.57. The lowest BCUT2D eigenvalue weighted by Crippen LogP contribution is -1.88. The van der Waals surface area contributed by atoms with E-state index in [2.05, 4.69) is 11.4 Å². The summed E-state index contributed by atoms with van der Waals surface area (Å²) in [5.74, 6) is 0.913. The fraction of sp³-hybridized carbons (Fsp3) is 0.375. The Hall–Kier alpha value is -0.280. The minimum atomic E-state index is 0.210. The fourth-order valence-electron chi connectivity index (χ4n) is 0.750. The molecule has 1 heterocycles. The van der Waals surface area contributed by atoms with Crippen molar-refractivity contribution >= 4 is 28.2 Å². The van der Waals surface area contributed by atoms with Crippen molar-refractivity contribution in [2.45, 2.75) is 13.3 Å². The van der Waals surface area contributed by atoms with Crippen LogP contribution in [0.5, 0.6) is 0 Å². The van der Waals surface area contributed by atoms with E-state index in [1.165, 1.54) is 16.6 Å². The summed E-state index contributed by atoms with van der Waals surface area (Å²) in [5.41, 5.74) is 0. The Kier molecular flexibility index (Phi) is 3.66. The zero-order valence-corrected chi connectivity index (χ0v) is 8.00. The van der Waals surface area contributed by atoms with E-state index in [0.717, 1.165) is 12.2 Å². The summed E-state index contributed by atoms with van der Waals surface area (Å²) in [6.45, 7) is 1.61. The highest BCUT2D eigenvalue weighted by atomic mass is 32.2. The molecule has 0 N–H and O–H groups in total. The van der Waals surface area contributed by atoms with E-state index in [1.54, 1.807) is 18.3 Å². The molecule has 3 heteroatoms. The molecular formula is C8H10OS2. The molecule has 0 aliphatic carbocycles. The van der Waals surface area contributed by atoms with E-state index in [9.17, 15) is 4.79 Å². The summed E-state index contributed by atoms with van der Waals surface area (Å²) < 4.78 is 0. The molecule has 1 nitrogen and oxygen atoms in total. The number of thiophene rings is 1. The van der Waals surface area contributed by atoms with E-state index in [4.69, 9.17) is 0 Å². The summed E-state index contributed by atoms with van der Waals surface area (Å²) in [6.07, 6.45) is 1.02. The number of thioether (sulfide) groups is 1. The van der Waals surface area contributed by atoms with Crippen LogP contribution >= 0.6 is 23.1 Å². The molecule has 1 aromatic rings. The molecular weight excluding hydrogens is 176 g/mol. The first-order valence-electron chi connectivity index (χ1n) is 3.45. The van der Waals surface area contributed by atoms with Crippen LogP contribution in [0.1, 0.15) is 11.8 Å². The zero-order valence-electron chi connectivity index (χ0n) is 6.37. The Balaban J connectivity index is 2.19. The van der Waals surface area contributed by atoms with Gasteiger partial charge in [-0.1, -0.05) is 17.8 Å². The molecule has 0 aliphatic rings. The highest BCUT2D eigenvalue weighted by Gasteiger charge is 1.96. The van der Waals surface area contributed by atoms with Crippen LogP contribution in [-0.4, -0.2) is 10.9 Å². The van der Waals surface area contributed by atoms with Crippen LogP contribution in [0.4, 0.5) is 0 Å². The Bertz CT molecular complexity index is 216. The lowest BCUT2D eigenvalue weighted by Gasteiger charge is -1.93. The third-order valence-electron chi connectivity index (χ3n) is 1.23. The van der Waals surface area contributed by atoms with Crippen molar-refractivity contribution in [1.29, 1.82) is 0 Å². The van der Waals surface area contributed by atoms with Crippen molar-refractivity contribution in [3.8, 4) is 0 Å². The van der Waals surface area contributed by atoms with Crippen LogP contribution in [0.2, 0.25) is 0 Å². The molecule has 0 atom stereocenters. The Morgan fingerprint density at radius 1 is 1.73 bits per heavy atom. The molecule has 0 aromatic carbocycles. The first-order chi connectivity index (χ1) is 5.29. The second-order valence-corrected chi connectivity index (χ2v) is 4.47. The lowest BCUT2D eigenvalue weighted by atomic mass is 10.4. The molecule has 0 spiro atoms. The van der Waals surface area contributed by atoms with E-state index in [-0.39, 0.29) is 5.12 Å². The lowest BCUT2D eigenvalue weighted by molar-refractivity contribution is -0.109. The van der Waals surface area contributed by atoms with Gasteiger partial charge in [0.25, 0.3) is 0 Å². The first-order valence-corrected chi connectivity index (χ1v) is 5.31. The van der Waals surface area contributed by atoms with Gasteiger partial charge >= 0.3 is 0 Å². The van der Waals surface area contributed by atoms with Gasteiger partial charge in [0.1, 0.15) is 0 Å². The van der Waals surface area contributed by atoms with Crippen molar-refractivity contribution < 1.29 is 4.79 Å². The first kappa shape index (κ1) is 8.81. The van der Waals surface area contributed by atoms with Gasteiger partial charge in [-0.05, 0) is 17.9 Å². The van der Waals surface area contributed by atoms with Gasteiger partial charge in [-0.3, -0.25) is 4.79 Å². The third-order valence-corrected chi connectivity index (χ3v) is 2.98. The monoisotopic (exact) mass is 186 g/mol. The van der Waals surface area contributed by atoms with Crippen LogP contribution in [-0.2, 0) is 11.2 Å². The van der Waals surface area contributed by atoms with Gasteiger partial charge in [0.05, 0.1) is 0 Å². The number of aryl methyl sites for hydroxylation is 1. The van der Waals surface area contributed by atoms with Gasteiger partial charge in [0, 0.05) is 17.6 Å². The SMILES string of the molecule is CC(=O)SCCc1cccs1. The standard InChI is InChI=1S/C8H10OS2/c1-7(9)10-6-4-8-3-2-5-11-8/h2-3,5H,4,6H2,1H3. The van der Waals surface area contributed by atoms with E-state index in [1.807, 2.05) is 6.07 Å². The summed E-state index contributed by atoms with van der Waals surface area (Å²) in [7, 11) is 0. The predicted octanol–water partition coefficient (Wildman–Crippen LogP) is 2.57. The molecule has 0 bridgehead atoms. The zero-order chi connectivity index (χ0) is 8.10. The van der Waals surface area contributed by atoms with Crippen LogP contribution in [0.3, 0.4) is 0 Å². The Morgan fingerprint density at radius 3 is 3.09 bits per heavy atom. The third kappa shape index (κ3) is 3.58. The van der Waals surface area contributed by atoms with Gasteiger partial charge in [0.2, 0.25) is 0 Å². The van der Waals surface area contributed by atoms with Crippen LogP contribution in [0, 0.1) is 0 Å². The van der Waals surface area contributed by atoms with Crippen molar-refractivity contribution in [2.75, 3.05) is 5.75 Å². The van der Waals surface area contributed by atoms with Crippen LogP contribution in [0.25, 0.3) is 0 Å². The second-order valence-electron chi connectivity index (χ2n) is 2.17. The van der Waals surface area contributed by atoms with Crippen molar-refractivity contribution in [2.24, 2.45) is 0 Å². The molecule has 1 aromatic heterocycles. The van der Waals surface area contributed by atoms with Gasteiger partial charge in [0.15, 0.2) is 5.12 Å². The summed E-state index contributed by atoms with van der Waals surface area (Å²) >= 11 is 3.15. The minimum absolute atomic E-state index is 0.210. The Morgan fingerprint density at radius 2 is 2.55 bits per heavy atom. The van der Waals surface area contributed by atoms with Crippen molar-refractivity contribution in [1.82, 2.24) is 0 Å². The van der Waals surface area contributed by atoms with E-state index in [0.29, 0.717) is 0 Å². The molecule has 0 amide bonds. The number of rotatable bonds is 3. The summed E-state index contributed by atoms with van der Waals surface area (Å²) in [6, 6.07) is 4.14. The molecule has 0 unspecified atom stereocenters. The fourth-order valence-corrected chi connectivity index (χ4v) is 2.20. The maximum absolute atomic E-state index is 10.5. The predicted molar refractivity (Wildman–Crippen MR) is 51.2 cm³/mol. The topological polar surface area (TPSA) is 17.1 Å². The normalized spacial score (nSPS) is 9.91. The van der Waals surface area contributed by atoms with Crippen LogP contribution in [0.15, 0.2) is 17.5 Å².